The van der Waals surface area contributed by atoms with Gasteiger partial charge in [0.25, 0.3) is 11.8 Å². The smallest absolute Gasteiger partial charge is 0.264 e. The molecule has 0 unspecified atom stereocenters. The quantitative estimate of drug-likeness (QED) is 0.774. The van der Waals surface area contributed by atoms with Gasteiger partial charge >= 0.3 is 0 Å². The van der Waals surface area contributed by atoms with Crippen molar-refractivity contribution in [3.8, 4) is 6.07 Å². The number of nitrogens with one attached hydrogen (secondary N) is 1. The van der Waals surface area contributed by atoms with Gasteiger partial charge in [-0.15, -0.1) is 11.3 Å². The van der Waals surface area contributed by atoms with E-state index in [2.05, 4.69) is 11.4 Å². The molecule has 1 aromatic heterocycles. The van der Waals surface area contributed by atoms with E-state index in [4.69, 9.17) is 10.00 Å². The molecule has 8 heteroatoms. The van der Waals surface area contributed by atoms with Gasteiger partial charge in [0, 0.05) is 31.4 Å². The van der Waals surface area contributed by atoms with E-state index in [9.17, 15) is 14.0 Å². The van der Waals surface area contributed by atoms with Crippen LogP contribution in [0.5, 0.6) is 0 Å². The van der Waals surface area contributed by atoms with Gasteiger partial charge in [-0.05, 0) is 49.6 Å². The minimum absolute atomic E-state index is 0.0384. The van der Waals surface area contributed by atoms with Crippen molar-refractivity contribution in [3.63, 3.8) is 0 Å². The fourth-order valence-electron chi connectivity index (χ4n) is 3.32. The van der Waals surface area contributed by atoms with Gasteiger partial charge in [-0.2, -0.15) is 5.26 Å². The van der Waals surface area contributed by atoms with E-state index in [0.29, 0.717) is 29.6 Å². The Balaban J connectivity index is 1.77. The summed E-state index contributed by atoms with van der Waals surface area (Å²) in [5.41, 5.74) is 0.963. The Labute approximate surface area is 172 Å². The minimum atomic E-state index is -0.486. The number of hydrogen-bond donors (Lipinski definition) is 1. The number of ether oxygens (including phenoxy) is 1. The van der Waals surface area contributed by atoms with Crippen LogP contribution in [-0.2, 0) is 4.74 Å². The van der Waals surface area contributed by atoms with Crippen LogP contribution in [0.15, 0.2) is 30.3 Å². The lowest BCUT2D eigenvalue weighted by Crippen LogP contribution is -2.43. The summed E-state index contributed by atoms with van der Waals surface area (Å²) in [5, 5.41) is 12.2. The summed E-state index contributed by atoms with van der Waals surface area (Å²) in [5.74, 6) is -1.06. The number of aryl methyl sites for hydroxylation is 1. The Morgan fingerprint density at radius 1 is 1.34 bits per heavy atom. The second kappa shape index (κ2) is 9.63. The average molecular weight is 415 g/mol. The molecule has 2 heterocycles. The second-order valence-electron chi connectivity index (χ2n) is 6.84. The van der Waals surface area contributed by atoms with Crippen molar-refractivity contribution in [1.82, 2.24) is 4.90 Å². The highest BCUT2D eigenvalue weighted by atomic mass is 32.1. The predicted octanol–water partition coefficient (Wildman–Crippen LogP) is 3.98. The summed E-state index contributed by atoms with van der Waals surface area (Å²) in [4.78, 5) is 27.9. The standard InChI is InChI=1S/C21H22FN3O3S/c1-14-12-18(24-20(26)15-4-2-5-16(22)13-15)29-19(14)21(27)25(9-3-8-23)17-6-10-28-11-7-17/h2,4-5,12-13,17H,3,6-7,9-11H2,1H3,(H,24,26). The molecule has 0 radical (unpaired) electrons. The number of halogens is 1. The van der Waals surface area contributed by atoms with Gasteiger partial charge in [0.1, 0.15) is 5.82 Å². The van der Waals surface area contributed by atoms with Crippen molar-refractivity contribution >= 4 is 28.2 Å². The number of rotatable bonds is 6. The van der Waals surface area contributed by atoms with Crippen LogP contribution in [0.1, 0.15) is 44.9 Å². The lowest BCUT2D eigenvalue weighted by atomic mass is 10.1. The zero-order valence-electron chi connectivity index (χ0n) is 16.1. The van der Waals surface area contributed by atoms with Gasteiger partial charge in [-0.1, -0.05) is 6.07 Å². The zero-order chi connectivity index (χ0) is 20.8. The molecular formula is C21H22FN3O3S. The highest BCUT2D eigenvalue weighted by molar-refractivity contribution is 7.18. The molecule has 0 atom stereocenters. The number of hydrogen-bond acceptors (Lipinski definition) is 5. The molecule has 1 N–H and O–H groups in total. The molecule has 29 heavy (non-hydrogen) atoms. The van der Waals surface area contributed by atoms with Crippen LogP contribution >= 0.6 is 11.3 Å². The number of amides is 2. The van der Waals surface area contributed by atoms with Gasteiger partial charge in [0.05, 0.1) is 22.4 Å². The molecule has 1 aliphatic rings. The minimum Gasteiger partial charge on any atom is -0.381 e. The first-order valence-electron chi connectivity index (χ1n) is 9.42. The molecule has 0 spiro atoms. The number of anilines is 1. The van der Waals surface area contributed by atoms with Crippen molar-refractivity contribution in [2.24, 2.45) is 0 Å². The summed E-state index contributed by atoms with van der Waals surface area (Å²) < 4.78 is 18.7. The Morgan fingerprint density at radius 3 is 2.79 bits per heavy atom. The zero-order valence-corrected chi connectivity index (χ0v) is 16.9. The van der Waals surface area contributed by atoms with Crippen molar-refractivity contribution in [2.75, 3.05) is 25.1 Å². The fraction of sp³-hybridized carbons (Fsp3) is 0.381. The topological polar surface area (TPSA) is 82.4 Å². The molecule has 1 aromatic carbocycles. The molecule has 1 fully saturated rings. The average Bonchev–Trinajstić information content (AvgIpc) is 3.09. The van der Waals surface area contributed by atoms with Gasteiger partial charge in [0.15, 0.2) is 0 Å². The summed E-state index contributed by atoms with van der Waals surface area (Å²) in [6.45, 7) is 3.37. The fourth-order valence-corrected chi connectivity index (χ4v) is 4.34. The number of nitrogens with zero attached hydrogens (tertiary/aromatic N) is 2. The van der Waals surface area contributed by atoms with Gasteiger partial charge < -0.3 is 15.0 Å². The first-order chi connectivity index (χ1) is 14.0. The van der Waals surface area contributed by atoms with Crippen molar-refractivity contribution in [3.05, 3.63) is 52.2 Å². The number of carbonyl (C=O) groups is 2. The van der Waals surface area contributed by atoms with E-state index in [1.54, 1.807) is 11.0 Å². The molecule has 6 nitrogen and oxygen atoms in total. The summed E-state index contributed by atoms with van der Waals surface area (Å²) in [6.07, 6.45) is 1.74. The Bertz CT molecular complexity index is 931. The number of nitriles is 1. The van der Waals surface area contributed by atoms with Crippen LogP contribution in [0.3, 0.4) is 0 Å². The highest BCUT2D eigenvalue weighted by Crippen LogP contribution is 2.30. The molecule has 1 aliphatic heterocycles. The first-order valence-corrected chi connectivity index (χ1v) is 10.2. The summed E-state index contributed by atoms with van der Waals surface area (Å²) in [6, 6.07) is 9.31. The molecule has 152 valence electrons. The SMILES string of the molecule is Cc1cc(NC(=O)c2cccc(F)c2)sc1C(=O)N(CCC#N)C1CCOCC1. The van der Waals surface area contributed by atoms with E-state index >= 15 is 0 Å². The number of benzene rings is 1. The molecule has 2 amide bonds. The lowest BCUT2D eigenvalue weighted by molar-refractivity contribution is 0.0298. The third-order valence-corrected chi connectivity index (χ3v) is 5.93. The van der Waals surface area contributed by atoms with E-state index in [0.717, 1.165) is 24.5 Å². The lowest BCUT2D eigenvalue weighted by Gasteiger charge is -2.33. The first kappa shape index (κ1) is 21.0. The van der Waals surface area contributed by atoms with Gasteiger partial charge in [-0.3, -0.25) is 9.59 Å². The van der Waals surface area contributed by atoms with Gasteiger partial charge in [-0.25, -0.2) is 4.39 Å². The predicted molar refractivity (Wildman–Crippen MR) is 109 cm³/mol. The van der Waals surface area contributed by atoms with Crippen LogP contribution in [-0.4, -0.2) is 42.5 Å². The number of carbonyl (C=O) groups excluding carboxylic acids is 2. The van der Waals surface area contributed by atoms with Crippen LogP contribution in [0, 0.1) is 24.1 Å². The maximum absolute atomic E-state index is 13.3. The van der Waals surface area contributed by atoms with E-state index in [1.807, 2.05) is 6.92 Å². The third kappa shape index (κ3) is 5.19. The summed E-state index contributed by atoms with van der Waals surface area (Å²) >= 11 is 1.19. The molecular weight excluding hydrogens is 393 g/mol. The summed E-state index contributed by atoms with van der Waals surface area (Å²) in [7, 11) is 0. The van der Waals surface area contributed by atoms with Crippen molar-refractivity contribution < 1.29 is 18.7 Å². The van der Waals surface area contributed by atoms with Crippen LogP contribution in [0.4, 0.5) is 9.39 Å². The normalized spacial score (nSPS) is 14.2. The molecule has 3 rings (SSSR count). The van der Waals surface area contributed by atoms with E-state index in [1.165, 1.54) is 29.5 Å². The maximum Gasteiger partial charge on any atom is 0.264 e. The van der Waals surface area contributed by atoms with Crippen molar-refractivity contribution in [1.29, 1.82) is 5.26 Å². The highest BCUT2D eigenvalue weighted by Gasteiger charge is 2.28. The Hall–Kier alpha value is -2.76. The Morgan fingerprint density at radius 2 is 2.10 bits per heavy atom. The van der Waals surface area contributed by atoms with Crippen LogP contribution in [0.2, 0.25) is 0 Å². The molecule has 2 aromatic rings. The van der Waals surface area contributed by atoms with E-state index < -0.39 is 11.7 Å². The molecule has 0 saturated carbocycles. The van der Waals surface area contributed by atoms with E-state index in [-0.39, 0.29) is 23.9 Å². The largest absolute Gasteiger partial charge is 0.381 e. The van der Waals surface area contributed by atoms with Crippen LogP contribution < -0.4 is 5.32 Å². The van der Waals surface area contributed by atoms with Gasteiger partial charge in [0.2, 0.25) is 0 Å². The second-order valence-corrected chi connectivity index (χ2v) is 7.89. The molecule has 1 saturated heterocycles. The monoisotopic (exact) mass is 415 g/mol. The van der Waals surface area contributed by atoms with Crippen molar-refractivity contribution in [2.45, 2.75) is 32.2 Å². The Kier molecular flexibility index (Phi) is 6.96. The third-order valence-electron chi connectivity index (χ3n) is 4.79. The maximum atomic E-state index is 13.3. The van der Waals surface area contributed by atoms with Crippen LogP contribution in [0.25, 0.3) is 0 Å². The molecule has 0 bridgehead atoms. The molecule has 0 aliphatic carbocycles. The number of thiophene rings is 1.